The highest BCUT2D eigenvalue weighted by Crippen LogP contribution is 2.39. The minimum Gasteiger partial charge on any atom is -0.465 e. The minimum absolute atomic E-state index is 0.235. The monoisotopic (exact) mass is 583 g/mol. The van der Waals surface area contributed by atoms with Crippen LogP contribution >= 0.6 is 27.3 Å². The number of halogens is 1. The van der Waals surface area contributed by atoms with E-state index in [-0.39, 0.29) is 10.8 Å². The molecule has 0 saturated carbocycles. The number of ether oxygens (including phenoxy) is 2. The molecule has 9 nitrogen and oxygen atoms in total. The fraction of sp³-hybridized carbons (Fsp3) is 0.192. The van der Waals surface area contributed by atoms with Crippen molar-refractivity contribution in [3.8, 4) is 5.75 Å². The lowest BCUT2D eigenvalue weighted by atomic mass is 10.1. The van der Waals surface area contributed by atoms with Crippen molar-refractivity contribution in [2.24, 2.45) is 5.10 Å². The Morgan fingerprint density at radius 3 is 2.38 bits per heavy atom. The van der Waals surface area contributed by atoms with Gasteiger partial charge in [-0.2, -0.15) is 5.10 Å². The summed E-state index contributed by atoms with van der Waals surface area (Å²) in [5.74, 6) is -2.89. The van der Waals surface area contributed by atoms with Crippen molar-refractivity contribution in [3.05, 3.63) is 80.1 Å². The van der Waals surface area contributed by atoms with Crippen LogP contribution in [0, 0.1) is 0 Å². The Labute approximate surface area is 225 Å². The summed E-state index contributed by atoms with van der Waals surface area (Å²) in [7, 11) is 1.27. The largest absolute Gasteiger partial charge is 0.465 e. The normalized spacial score (nSPS) is 12.5. The molecular formula is C26H22BrN3O6S. The van der Waals surface area contributed by atoms with E-state index in [0.717, 1.165) is 23.3 Å². The summed E-state index contributed by atoms with van der Waals surface area (Å²) in [6.07, 6.45) is 2.45. The number of nitrogens with one attached hydrogen (secondary N) is 2. The SMILES string of the molecule is COC(=O)c1c(NC(=O)C(=O)N/N=C(\C)c2ccccc2OC(=O)c2ccccc2Br)sc2c1CCC2. The number of hydrogen-bond acceptors (Lipinski definition) is 8. The summed E-state index contributed by atoms with van der Waals surface area (Å²) in [5, 5.41) is 6.79. The second-order valence-corrected chi connectivity index (χ2v) is 9.97. The number of anilines is 1. The van der Waals surface area contributed by atoms with Gasteiger partial charge in [0.1, 0.15) is 10.8 Å². The number of carbonyl (C=O) groups excluding carboxylic acids is 4. The number of hydrazone groups is 1. The van der Waals surface area contributed by atoms with Gasteiger partial charge in [0.15, 0.2) is 0 Å². The molecule has 190 valence electrons. The van der Waals surface area contributed by atoms with Crippen LogP contribution in [-0.2, 0) is 27.2 Å². The number of esters is 2. The number of fused-ring (bicyclic) bond motifs is 1. The van der Waals surface area contributed by atoms with Crippen LogP contribution in [0.15, 0.2) is 58.1 Å². The van der Waals surface area contributed by atoms with Gasteiger partial charge in [0.25, 0.3) is 0 Å². The van der Waals surface area contributed by atoms with Crippen molar-refractivity contribution in [1.82, 2.24) is 5.43 Å². The zero-order valence-corrected chi connectivity index (χ0v) is 22.3. The summed E-state index contributed by atoms with van der Waals surface area (Å²) in [6, 6.07) is 13.6. The van der Waals surface area contributed by atoms with E-state index in [1.807, 2.05) is 0 Å². The van der Waals surface area contributed by atoms with Crippen LogP contribution in [0.5, 0.6) is 5.75 Å². The predicted molar refractivity (Wildman–Crippen MR) is 142 cm³/mol. The number of benzene rings is 2. The van der Waals surface area contributed by atoms with Gasteiger partial charge in [-0.3, -0.25) is 9.59 Å². The quantitative estimate of drug-likeness (QED) is 0.145. The highest BCUT2D eigenvalue weighted by molar-refractivity contribution is 9.10. The number of para-hydroxylation sites is 1. The summed E-state index contributed by atoms with van der Waals surface area (Å²) >= 11 is 4.60. The topological polar surface area (TPSA) is 123 Å². The molecule has 0 fully saturated rings. The molecule has 0 saturated heterocycles. The van der Waals surface area contributed by atoms with Gasteiger partial charge in [-0.05, 0) is 71.9 Å². The molecule has 2 N–H and O–H groups in total. The molecule has 4 rings (SSSR count). The third-order valence-electron chi connectivity index (χ3n) is 5.64. The van der Waals surface area contributed by atoms with E-state index in [2.05, 4.69) is 31.8 Å². The molecule has 0 radical (unpaired) electrons. The smallest absolute Gasteiger partial charge is 0.344 e. The molecule has 1 heterocycles. The highest BCUT2D eigenvalue weighted by Gasteiger charge is 2.29. The van der Waals surface area contributed by atoms with Crippen LogP contribution in [0.1, 0.15) is 50.1 Å². The van der Waals surface area contributed by atoms with Crippen molar-refractivity contribution >= 4 is 61.7 Å². The summed E-state index contributed by atoms with van der Waals surface area (Å²) in [5.41, 5.74) is 4.47. The number of nitrogens with zero attached hydrogens (tertiary/aromatic N) is 1. The maximum absolute atomic E-state index is 12.6. The molecule has 2 amide bonds. The molecule has 1 aromatic heterocycles. The lowest BCUT2D eigenvalue weighted by Gasteiger charge is -2.11. The molecule has 0 bridgehead atoms. The lowest BCUT2D eigenvalue weighted by Crippen LogP contribution is -2.33. The summed E-state index contributed by atoms with van der Waals surface area (Å²) < 4.78 is 11.0. The summed E-state index contributed by atoms with van der Waals surface area (Å²) in [4.78, 5) is 50.9. The minimum atomic E-state index is -1.02. The molecule has 0 spiro atoms. The van der Waals surface area contributed by atoms with Gasteiger partial charge >= 0.3 is 23.8 Å². The third kappa shape index (κ3) is 5.78. The third-order valence-corrected chi connectivity index (χ3v) is 7.54. The standard InChI is InChI=1S/C26H22BrN3O6S/c1-14(15-8-4-6-12-19(15)36-25(33)16-9-3-5-11-18(16)27)29-30-23(32)22(31)28-24-21(26(34)35-2)17-10-7-13-20(17)37-24/h3-6,8-9,11-12H,7,10,13H2,1-2H3,(H,28,31)(H,30,32)/b29-14+. The van der Waals surface area contributed by atoms with Crippen molar-refractivity contribution in [1.29, 1.82) is 0 Å². The Balaban J connectivity index is 1.46. The Bertz CT molecular complexity index is 1430. The van der Waals surface area contributed by atoms with Gasteiger partial charge in [0.05, 0.1) is 23.9 Å². The number of thiophene rings is 1. The first-order valence-corrected chi connectivity index (χ1v) is 12.9. The van der Waals surface area contributed by atoms with E-state index in [1.165, 1.54) is 18.4 Å². The van der Waals surface area contributed by atoms with E-state index >= 15 is 0 Å². The van der Waals surface area contributed by atoms with Crippen LogP contribution in [0.3, 0.4) is 0 Å². The molecule has 1 aliphatic rings. The Hall–Kier alpha value is -3.83. The fourth-order valence-electron chi connectivity index (χ4n) is 3.85. The first-order valence-electron chi connectivity index (χ1n) is 11.2. The number of hydrogen-bond donors (Lipinski definition) is 2. The van der Waals surface area contributed by atoms with Gasteiger partial charge in [0, 0.05) is 14.9 Å². The molecule has 0 atom stereocenters. The molecule has 0 aliphatic heterocycles. The zero-order valence-electron chi connectivity index (χ0n) is 19.9. The second-order valence-electron chi connectivity index (χ2n) is 8.01. The van der Waals surface area contributed by atoms with Crippen LogP contribution < -0.4 is 15.5 Å². The van der Waals surface area contributed by atoms with Gasteiger partial charge in [-0.25, -0.2) is 15.0 Å². The molecular weight excluding hydrogens is 562 g/mol. The van der Waals surface area contributed by atoms with E-state index < -0.39 is 23.8 Å². The van der Waals surface area contributed by atoms with Crippen molar-refractivity contribution in [2.75, 3.05) is 12.4 Å². The average Bonchev–Trinajstić information content (AvgIpc) is 3.48. The Morgan fingerprint density at radius 2 is 1.65 bits per heavy atom. The molecule has 37 heavy (non-hydrogen) atoms. The number of aryl methyl sites for hydroxylation is 1. The van der Waals surface area contributed by atoms with Crippen LogP contribution in [0.25, 0.3) is 0 Å². The number of rotatable bonds is 6. The molecule has 11 heteroatoms. The first-order chi connectivity index (χ1) is 17.8. The van der Waals surface area contributed by atoms with E-state index in [1.54, 1.807) is 55.5 Å². The van der Waals surface area contributed by atoms with Gasteiger partial charge in [-0.15, -0.1) is 11.3 Å². The highest BCUT2D eigenvalue weighted by atomic mass is 79.9. The van der Waals surface area contributed by atoms with E-state index in [0.29, 0.717) is 33.3 Å². The van der Waals surface area contributed by atoms with Crippen molar-refractivity contribution in [2.45, 2.75) is 26.2 Å². The Kier molecular flexibility index (Phi) is 8.14. The van der Waals surface area contributed by atoms with Crippen molar-refractivity contribution in [3.63, 3.8) is 0 Å². The molecule has 0 unspecified atom stereocenters. The maximum Gasteiger partial charge on any atom is 0.344 e. The fourth-order valence-corrected chi connectivity index (χ4v) is 5.57. The number of amides is 2. The molecule has 1 aliphatic carbocycles. The van der Waals surface area contributed by atoms with Gasteiger partial charge in [-0.1, -0.05) is 24.3 Å². The predicted octanol–water partition coefficient (Wildman–Crippen LogP) is 4.48. The maximum atomic E-state index is 12.6. The van der Waals surface area contributed by atoms with Crippen LogP contribution in [-0.4, -0.2) is 36.6 Å². The lowest BCUT2D eigenvalue weighted by molar-refractivity contribution is -0.136. The van der Waals surface area contributed by atoms with E-state index in [9.17, 15) is 19.2 Å². The molecule has 2 aromatic carbocycles. The Morgan fingerprint density at radius 1 is 0.946 bits per heavy atom. The van der Waals surface area contributed by atoms with Gasteiger partial charge in [0.2, 0.25) is 0 Å². The first kappa shape index (κ1) is 26.2. The van der Waals surface area contributed by atoms with Gasteiger partial charge < -0.3 is 14.8 Å². The van der Waals surface area contributed by atoms with Crippen LogP contribution in [0.4, 0.5) is 5.00 Å². The average molecular weight is 584 g/mol. The number of carbonyl (C=O) groups is 4. The van der Waals surface area contributed by atoms with Crippen LogP contribution in [0.2, 0.25) is 0 Å². The van der Waals surface area contributed by atoms with E-state index in [4.69, 9.17) is 9.47 Å². The molecule has 3 aromatic rings. The number of methoxy groups -OCH3 is 1. The zero-order chi connectivity index (χ0) is 26.5. The second kappa shape index (κ2) is 11.5. The van der Waals surface area contributed by atoms with Crippen molar-refractivity contribution < 1.29 is 28.7 Å². The summed E-state index contributed by atoms with van der Waals surface area (Å²) in [6.45, 7) is 1.60.